The Bertz CT molecular complexity index is 428. The van der Waals surface area contributed by atoms with Crippen LogP contribution in [0.15, 0.2) is 12.3 Å². The summed E-state index contributed by atoms with van der Waals surface area (Å²) in [5.74, 6) is 1.05. The number of alkyl halides is 3. The summed E-state index contributed by atoms with van der Waals surface area (Å²) in [5.41, 5.74) is -0.821. The molecule has 1 N–H and O–H groups in total. The van der Waals surface area contributed by atoms with Gasteiger partial charge in [-0.25, -0.2) is 4.98 Å². The highest BCUT2D eigenvalue weighted by Crippen LogP contribution is 2.32. The van der Waals surface area contributed by atoms with Crippen LogP contribution in [0.25, 0.3) is 0 Å². The number of pyridine rings is 1. The maximum atomic E-state index is 12.4. The van der Waals surface area contributed by atoms with E-state index >= 15 is 0 Å². The van der Waals surface area contributed by atoms with Crippen molar-refractivity contribution < 1.29 is 13.2 Å². The van der Waals surface area contributed by atoms with Gasteiger partial charge in [0.25, 0.3) is 0 Å². The van der Waals surface area contributed by atoms with Crippen LogP contribution in [0.4, 0.5) is 19.0 Å². The van der Waals surface area contributed by atoms with Crippen LogP contribution in [0.5, 0.6) is 0 Å². The van der Waals surface area contributed by atoms with Crippen molar-refractivity contribution in [2.45, 2.75) is 38.3 Å². The fourth-order valence-corrected chi connectivity index (χ4v) is 2.65. The average molecular weight is 293 g/mol. The van der Waals surface area contributed by atoms with E-state index in [2.05, 4.69) is 10.3 Å². The van der Waals surface area contributed by atoms with Crippen LogP contribution < -0.4 is 5.32 Å². The van der Waals surface area contributed by atoms with Crippen molar-refractivity contribution in [2.24, 2.45) is 5.92 Å². The zero-order valence-corrected chi connectivity index (χ0v) is 11.2. The molecule has 1 saturated carbocycles. The van der Waals surface area contributed by atoms with Gasteiger partial charge in [-0.3, -0.25) is 0 Å². The molecule has 1 aliphatic rings. The number of aromatic nitrogens is 1. The smallest absolute Gasteiger partial charge is 0.369 e. The molecule has 0 unspecified atom stereocenters. The first kappa shape index (κ1) is 14.4. The van der Waals surface area contributed by atoms with E-state index in [4.69, 9.17) is 11.6 Å². The third kappa shape index (κ3) is 4.00. The lowest BCUT2D eigenvalue weighted by molar-refractivity contribution is -0.137. The van der Waals surface area contributed by atoms with Crippen LogP contribution in [0.2, 0.25) is 5.02 Å². The van der Waals surface area contributed by atoms with Gasteiger partial charge in [0.05, 0.1) is 10.6 Å². The standard InChI is InChI=1S/C13H16ClF3N2/c14-11-7-10(13(15,16)17)8-19-12(11)18-6-5-9-3-1-2-4-9/h7-9H,1-6H2,(H,18,19). The minimum absolute atomic E-state index is 0.0150. The van der Waals surface area contributed by atoms with Gasteiger partial charge in [0, 0.05) is 12.7 Å². The molecular weight excluding hydrogens is 277 g/mol. The van der Waals surface area contributed by atoms with Crippen molar-refractivity contribution in [3.05, 3.63) is 22.8 Å². The Morgan fingerprint density at radius 3 is 2.58 bits per heavy atom. The molecule has 0 amide bonds. The maximum absolute atomic E-state index is 12.4. The van der Waals surface area contributed by atoms with E-state index in [0.29, 0.717) is 12.4 Å². The largest absolute Gasteiger partial charge is 0.417 e. The second-order valence-corrected chi connectivity index (χ2v) is 5.33. The van der Waals surface area contributed by atoms with Crippen LogP contribution in [0.1, 0.15) is 37.7 Å². The highest BCUT2D eigenvalue weighted by atomic mass is 35.5. The normalized spacial score (nSPS) is 16.8. The van der Waals surface area contributed by atoms with Gasteiger partial charge in [0.15, 0.2) is 0 Å². The number of hydrogen-bond donors (Lipinski definition) is 1. The van der Waals surface area contributed by atoms with Crippen LogP contribution >= 0.6 is 11.6 Å². The quantitative estimate of drug-likeness (QED) is 0.866. The summed E-state index contributed by atoms with van der Waals surface area (Å²) in [6, 6.07) is 0.909. The van der Waals surface area contributed by atoms with E-state index in [1.165, 1.54) is 25.7 Å². The summed E-state index contributed by atoms with van der Waals surface area (Å²) in [4.78, 5) is 3.75. The number of rotatable bonds is 4. The molecule has 1 heterocycles. The number of halogens is 4. The second kappa shape index (κ2) is 5.99. The Hall–Kier alpha value is -0.970. The molecule has 1 aliphatic carbocycles. The van der Waals surface area contributed by atoms with E-state index in [9.17, 15) is 13.2 Å². The van der Waals surface area contributed by atoms with E-state index in [-0.39, 0.29) is 5.02 Å². The van der Waals surface area contributed by atoms with Gasteiger partial charge >= 0.3 is 6.18 Å². The van der Waals surface area contributed by atoms with Gasteiger partial charge in [-0.1, -0.05) is 37.3 Å². The molecule has 106 valence electrons. The molecule has 2 rings (SSSR count). The lowest BCUT2D eigenvalue weighted by Gasteiger charge is -2.12. The van der Waals surface area contributed by atoms with Crippen molar-refractivity contribution >= 4 is 17.4 Å². The van der Waals surface area contributed by atoms with Crippen LogP contribution in [-0.4, -0.2) is 11.5 Å². The summed E-state index contributed by atoms with van der Waals surface area (Å²) in [7, 11) is 0. The molecule has 1 aromatic heterocycles. The van der Waals surface area contributed by atoms with Crippen molar-refractivity contribution in [1.82, 2.24) is 4.98 Å². The first-order chi connectivity index (χ1) is 8.97. The third-order valence-electron chi connectivity index (χ3n) is 3.49. The molecule has 19 heavy (non-hydrogen) atoms. The molecule has 0 aromatic carbocycles. The number of hydrogen-bond acceptors (Lipinski definition) is 2. The molecular formula is C13H16ClF3N2. The zero-order valence-electron chi connectivity index (χ0n) is 10.4. The summed E-state index contributed by atoms with van der Waals surface area (Å²) in [5, 5.41) is 3.02. The minimum Gasteiger partial charge on any atom is -0.369 e. The topological polar surface area (TPSA) is 24.9 Å². The van der Waals surface area contributed by atoms with E-state index < -0.39 is 11.7 Å². The minimum atomic E-state index is -4.40. The van der Waals surface area contributed by atoms with Gasteiger partial charge in [0.1, 0.15) is 5.82 Å². The Morgan fingerprint density at radius 1 is 1.32 bits per heavy atom. The van der Waals surface area contributed by atoms with Gasteiger partial charge in [-0.15, -0.1) is 0 Å². The monoisotopic (exact) mass is 292 g/mol. The highest BCUT2D eigenvalue weighted by Gasteiger charge is 2.31. The maximum Gasteiger partial charge on any atom is 0.417 e. The summed E-state index contributed by atoms with van der Waals surface area (Å²) >= 11 is 5.81. The molecule has 0 radical (unpaired) electrons. The Kier molecular flexibility index (Phi) is 4.55. The SMILES string of the molecule is FC(F)(F)c1cnc(NCCC2CCCC2)c(Cl)c1. The van der Waals surface area contributed by atoms with E-state index in [0.717, 1.165) is 24.6 Å². The Labute approximate surface area is 115 Å². The summed E-state index contributed by atoms with van der Waals surface area (Å²) < 4.78 is 37.3. The molecule has 1 aromatic rings. The van der Waals surface area contributed by atoms with Crippen molar-refractivity contribution in [1.29, 1.82) is 0 Å². The number of anilines is 1. The molecule has 0 aliphatic heterocycles. The Balaban J connectivity index is 1.90. The van der Waals surface area contributed by atoms with Gasteiger partial charge in [-0.05, 0) is 18.4 Å². The van der Waals surface area contributed by atoms with Crippen molar-refractivity contribution in [3.63, 3.8) is 0 Å². The highest BCUT2D eigenvalue weighted by molar-refractivity contribution is 6.32. The second-order valence-electron chi connectivity index (χ2n) is 4.92. The zero-order chi connectivity index (χ0) is 13.9. The van der Waals surface area contributed by atoms with Gasteiger partial charge < -0.3 is 5.32 Å². The summed E-state index contributed by atoms with van der Waals surface area (Å²) in [6.45, 7) is 0.697. The molecule has 0 spiro atoms. The molecule has 0 bridgehead atoms. The third-order valence-corrected chi connectivity index (χ3v) is 3.78. The van der Waals surface area contributed by atoms with E-state index in [1.54, 1.807) is 0 Å². The fourth-order valence-electron chi connectivity index (χ4n) is 2.42. The van der Waals surface area contributed by atoms with E-state index in [1.807, 2.05) is 0 Å². The van der Waals surface area contributed by atoms with Crippen LogP contribution in [-0.2, 0) is 6.18 Å². The lowest BCUT2D eigenvalue weighted by atomic mass is 10.0. The predicted molar refractivity (Wildman–Crippen MR) is 69.3 cm³/mol. The number of nitrogens with zero attached hydrogens (tertiary/aromatic N) is 1. The lowest BCUT2D eigenvalue weighted by Crippen LogP contribution is -2.10. The first-order valence-corrected chi connectivity index (χ1v) is 6.81. The van der Waals surface area contributed by atoms with Crippen molar-refractivity contribution in [3.8, 4) is 0 Å². The fraction of sp³-hybridized carbons (Fsp3) is 0.615. The van der Waals surface area contributed by atoms with Gasteiger partial charge in [0.2, 0.25) is 0 Å². The molecule has 0 atom stereocenters. The van der Waals surface area contributed by atoms with Gasteiger partial charge in [-0.2, -0.15) is 13.2 Å². The Morgan fingerprint density at radius 2 is 2.00 bits per heavy atom. The summed E-state index contributed by atoms with van der Waals surface area (Å²) in [6.07, 6.45) is 2.47. The van der Waals surface area contributed by atoms with Crippen LogP contribution in [0.3, 0.4) is 0 Å². The molecule has 6 heteroatoms. The molecule has 2 nitrogen and oxygen atoms in total. The number of nitrogens with one attached hydrogen (secondary N) is 1. The molecule has 1 fully saturated rings. The average Bonchev–Trinajstić information content (AvgIpc) is 2.83. The van der Waals surface area contributed by atoms with Crippen molar-refractivity contribution in [2.75, 3.05) is 11.9 Å². The first-order valence-electron chi connectivity index (χ1n) is 6.43. The molecule has 0 saturated heterocycles. The van der Waals surface area contributed by atoms with Crippen LogP contribution in [0, 0.1) is 5.92 Å². The predicted octanol–water partition coefficient (Wildman–Crippen LogP) is 4.75.